The van der Waals surface area contributed by atoms with Crippen molar-refractivity contribution in [2.24, 2.45) is 5.92 Å². The second kappa shape index (κ2) is 9.41. The Labute approximate surface area is 202 Å². The molecule has 1 aliphatic carbocycles. The molecule has 1 fully saturated rings. The number of allylic oxidation sites excluding steroid dienone is 1. The second-order valence-corrected chi connectivity index (χ2v) is 9.00. The van der Waals surface area contributed by atoms with E-state index in [0.29, 0.717) is 46.6 Å². The lowest BCUT2D eigenvalue weighted by Crippen LogP contribution is -2.36. The summed E-state index contributed by atoms with van der Waals surface area (Å²) in [6.45, 7) is 1.18. The van der Waals surface area contributed by atoms with Crippen LogP contribution in [0, 0.1) is 17.6 Å². The number of carbonyl (C=O) groups excluding carboxylic acids is 2. The quantitative estimate of drug-likeness (QED) is 0.496. The summed E-state index contributed by atoms with van der Waals surface area (Å²) in [4.78, 5) is 31.3. The van der Waals surface area contributed by atoms with Gasteiger partial charge < -0.3 is 9.64 Å². The predicted molar refractivity (Wildman–Crippen MR) is 128 cm³/mol. The largest absolute Gasteiger partial charge is 0.494 e. The number of piperidine rings is 1. The van der Waals surface area contributed by atoms with Crippen molar-refractivity contribution in [3.8, 4) is 5.75 Å². The molecule has 1 aliphatic heterocycles. The molecule has 1 saturated heterocycles. The summed E-state index contributed by atoms with van der Waals surface area (Å²) in [5.41, 5.74) is 2.67. The van der Waals surface area contributed by atoms with Crippen LogP contribution < -0.4 is 4.74 Å². The average Bonchev–Trinajstić information content (AvgIpc) is 3.13. The van der Waals surface area contributed by atoms with Crippen LogP contribution in [0.2, 0.25) is 0 Å². The maximum atomic E-state index is 14.1. The third-order valence-corrected chi connectivity index (χ3v) is 6.64. The topological polar surface area (TPSA) is 59.5 Å². The summed E-state index contributed by atoms with van der Waals surface area (Å²) in [5, 5.41) is 0. The number of benzene rings is 2. The van der Waals surface area contributed by atoms with Crippen molar-refractivity contribution in [1.29, 1.82) is 0 Å². The van der Waals surface area contributed by atoms with E-state index in [0.717, 1.165) is 25.5 Å². The van der Waals surface area contributed by atoms with E-state index in [-0.39, 0.29) is 23.2 Å². The van der Waals surface area contributed by atoms with Crippen molar-refractivity contribution >= 4 is 22.8 Å². The summed E-state index contributed by atoms with van der Waals surface area (Å²) >= 11 is 0. The Morgan fingerprint density at radius 3 is 2.51 bits per heavy atom. The lowest BCUT2D eigenvalue weighted by molar-refractivity contribution is -0.133. The number of pyridine rings is 1. The SMILES string of the molecule is CN1CCC(CCOc2ccc3c(c2)C(=O)C(c2cccnc2)=C3c2cc(F)cc(F)c2)CC1=O. The Balaban J connectivity index is 1.43. The van der Waals surface area contributed by atoms with Crippen LogP contribution in [-0.4, -0.2) is 41.8 Å². The number of ketones is 1. The summed E-state index contributed by atoms with van der Waals surface area (Å²) in [6, 6.07) is 11.9. The molecule has 1 aromatic heterocycles. The van der Waals surface area contributed by atoms with Gasteiger partial charge in [-0.25, -0.2) is 8.78 Å². The lowest BCUT2D eigenvalue weighted by atomic mass is 9.94. The first-order valence-electron chi connectivity index (χ1n) is 11.6. The summed E-state index contributed by atoms with van der Waals surface area (Å²) in [6.07, 6.45) is 5.38. The molecule has 178 valence electrons. The number of aromatic nitrogens is 1. The molecule has 1 unspecified atom stereocenters. The molecule has 1 amide bonds. The fraction of sp³-hybridized carbons (Fsp3) is 0.250. The number of ether oxygens (including phenoxy) is 1. The molecule has 0 saturated carbocycles. The fourth-order valence-corrected chi connectivity index (χ4v) is 4.78. The number of hydrogen-bond acceptors (Lipinski definition) is 4. The molecule has 7 heteroatoms. The van der Waals surface area contributed by atoms with Gasteiger partial charge >= 0.3 is 0 Å². The first-order valence-corrected chi connectivity index (χ1v) is 11.6. The second-order valence-electron chi connectivity index (χ2n) is 9.00. The molecule has 35 heavy (non-hydrogen) atoms. The number of carbonyl (C=O) groups is 2. The summed E-state index contributed by atoms with van der Waals surface area (Å²) in [5.74, 6) is -0.715. The van der Waals surface area contributed by atoms with E-state index in [1.807, 2.05) is 7.05 Å². The Morgan fingerprint density at radius 2 is 1.80 bits per heavy atom. The Morgan fingerprint density at radius 1 is 1.00 bits per heavy atom. The standard InChI is InChI=1S/C28H24F2N2O3/c1-32-9-6-17(11-25(32)33)7-10-35-22-4-5-23-24(15-22)28(34)27(18-3-2-8-31-16-18)26(23)19-12-20(29)14-21(30)13-19/h2-5,8,12-17H,6-7,9-11H2,1H3. The van der Waals surface area contributed by atoms with E-state index >= 15 is 0 Å². The van der Waals surface area contributed by atoms with E-state index < -0.39 is 11.6 Å². The van der Waals surface area contributed by atoms with Crippen LogP contribution in [-0.2, 0) is 4.79 Å². The van der Waals surface area contributed by atoms with Gasteiger partial charge in [0.2, 0.25) is 5.91 Å². The number of rotatable bonds is 6. The van der Waals surface area contributed by atoms with Gasteiger partial charge in [0.1, 0.15) is 17.4 Å². The zero-order valence-corrected chi connectivity index (χ0v) is 19.3. The van der Waals surface area contributed by atoms with Crippen LogP contribution >= 0.6 is 0 Å². The number of Topliss-reactive ketones (excluding diaryl/α,β-unsaturated/α-hetero) is 1. The Hall–Kier alpha value is -3.87. The van der Waals surface area contributed by atoms with Gasteiger partial charge in [0.15, 0.2) is 5.78 Å². The highest BCUT2D eigenvalue weighted by Crippen LogP contribution is 2.43. The number of amides is 1. The minimum absolute atomic E-state index is 0.152. The molecule has 1 atom stereocenters. The lowest BCUT2D eigenvalue weighted by Gasteiger charge is -2.28. The first kappa shape index (κ1) is 22.9. The molecule has 3 aromatic rings. The molecular formula is C28H24F2N2O3. The third kappa shape index (κ3) is 4.58. The van der Waals surface area contributed by atoms with Crippen LogP contribution in [0.1, 0.15) is 46.3 Å². The zero-order valence-electron chi connectivity index (χ0n) is 19.3. The van der Waals surface area contributed by atoms with Gasteiger partial charge in [0.25, 0.3) is 0 Å². The molecule has 0 radical (unpaired) electrons. The average molecular weight is 475 g/mol. The number of nitrogens with zero attached hydrogens (tertiary/aromatic N) is 2. The smallest absolute Gasteiger partial charge is 0.222 e. The van der Waals surface area contributed by atoms with Crippen LogP contribution in [0.5, 0.6) is 5.75 Å². The number of likely N-dealkylation sites (tertiary alicyclic amines) is 1. The minimum Gasteiger partial charge on any atom is -0.494 e. The molecule has 0 N–H and O–H groups in total. The molecule has 5 rings (SSSR count). The van der Waals surface area contributed by atoms with Crippen molar-refractivity contribution in [2.75, 3.05) is 20.2 Å². The molecular weight excluding hydrogens is 450 g/mol. The molecule has 2 heterocycles. The van der Waals surface area contributed by atoms with Crippen LogP contribution in [0.3, 0.4) is 0 Å². The van der Waals surface area contributed by atoms with Gasteiger partial charge in [-0.3, -0.25) is 14.6 Å². The maximum Gasteiger partial charge on any atom is 0.222 e. The van der Waals surface area contributed by atoms with Crippen LogP contribution in [0.15, 0.2) is 60.9 Å². The highest BCUT2D eigenvalue weighted by Gasteiger charge is 2.32. The summed E-state index contributed by atoms with van der Waals surface area (Å²) in [7, 11) is 1.82. The minimum atomic E-state index is -0.716. The molecule has 5 nitrogen and oxygen atoms in total. The monoisotopic (exact) mass is 474 g/mol. The van der Waals surface area contributed by atoms with Gasteiger partial charge in [-0.2, -0.15) is 0 Å². The number of halogens is 2. The first-order chi connectivity index (χ1) is 16.9. The van der Waals surface area contributed by atoms with Gasteiger partial charge in [-0.15, -0.1) is 0 Å². The van der Waals surface area contributed by atoms with Gasteiger partial charge in [0.05, 0.1) is 6.61 Å². The van der Waals surface area contributed by atoms with Crippen molar-refractivity contribution in [2.45, 2.75) is 19.3 Å². The molecule has 0 spiro atoms. The Kier molecular flexibility index (Phi) is 6.16. The van der Waals surface area contributed by atoms with E-state index in [9.17, 15) is 18.4 Å². The third-order valence-electron chi connectivity index (χ3n) is 6.64. The normalized spacial score (nSPS) is 17.7. The van der Waals surface area contributed by atoms with Crippen molar-refractivity contribution in [1.82, 2.24) is 9.88 Å². The number of hydrogen-bond donors (Lipinski definition) is 0. The van der Waals surface area contributed by atoms with Crippen molar-refractivity contribution < 1.29 is 23.1 Å². The molecule has 0 bridgehead atoms. The van der Waals surface area contributed by atoms with Gasteiger partial charge in [-0.05, 0) is 66.3 Å². The number of fused-ring (bicyclic) bond motifs is 1. The van der Waals surface area contributed by atoms with Crippen molar-refractivity contribution in [3.05, 3.63) is 94.8 Å². The fourth-order valence-electron chi connectivity index (χ4n) is 4.78. The van der Waals surface area contributed by atoms with Crippen molar-refractivity contribution in [3.63, 3.8) is 0 Å². The van der Waals surface area contributed by atoms with Crippen LogP contribution in [0.25, 0.3) is 11.1 Å². The van der Waals surface area contributed by atoms with E-state index in [1.165, 1.54) is 12.1 Å². The van der Waals surface area contributed by atoms with Gasteiger partial charge in [-0.1, -0.05) is 6.07 Å². The maximum absolute atomic E-state index is 14.1. The van der Waals surface area contributed by atoms with E-state index in [2.05, 4.69) is 4.98 Å². The predicted octanol–water partition coefficient (Wildman–Crippen LogP) is 5.15. The highest BCUT2D eigenvalue weighted by molar-refractivity contribution is 6.41. The van der Waals surface area contributed by atoms with Crippen LogP contribution in [0.4, 0.5) is 8.78 Å². The molecule has 2 aromatic carbocycles. The zero-order chi connectivity index (χ0) is 24.5. The Bertz CT molecular complexity index is 1320. The summed E-state index contributed by atoms with van der Waals surface area (Å²) < 4.78 is 34.1. The van der Waals surface area contributed by atoms with E-state index in [1.54, 1.807) is 47.6 Å². The molecule has 2 aliphatic rings. The van der Waals surface area contributed by atoms with Gasteiger partial charge in [0, 0.05) is 60.7 Å². The van der Waals surface area contributed by atoms with E-state index in [4.69, 9.17) is 4.74 Å². The highest BCUT2D eigenvalue weighted by atomic mass is 19.1.